The number of rotatable bonds is 2. The normalized spacial score (nSPS) is 10.7. The van der Waals surface area contributed by atoms with E-state index in [1.54, 1.807) is 3.11 Å². The Morgan fingerprint density at radius 3 is 1.80 bits per heavy atom. The highest BCUT2D eigenvalue weighted by atomic mass is 127. The van der Waals surface area contributed by atoms with Crippen LogP contribution in [-0.2, 0) is 4.79 Å². The smallest absolute Gasteiger partial charge is 0.233 e. The minimum Gasteiger partial charge on any atom is -0.282 e. The molecule has 0 spiro atoms. The molecule has 0 unspecified atom stereocenters. The van der Waals surface area contributed by atoms with Gasteiger partial charge in [-0.15, -0.1) is 0 Å². The molecule has 0 aliphatic carbocycles. The van der Waals surface area contributed by atoms with Gasteiger partial charge in [0.25, 0.3) is 0 Å². The van der Waals surface area contributed by atoms with Crippen molar-refractivity contribution in [2.75, 3.05) is 0 Å². The third-order valence-electron chi connectivity index (χ3n) is 1.16. The lowest BCUT2D eigenvalue weighted by atomic mass is 10.2. The van der Waals surface area contributed by atoms with Gasteiger partial charge in [-0.05, 0) is 13.8 Å². The van der Waals surface area contributed by atoms with Crippen LogP contribution in [0.3, 0.4) is 0 Å². The maximum atomic E-state index is 11.2. The fourth-order valence-corrected chi connectivity index (χ4v) is 1.06. The maximum absolute atomic E-state index is 11.2. The third kappa shape index (κ3) is 2.86. The van der Waals surface area contributed by atoms with Crippen molar-refractivity contribution in [3.05, 3.63) is 0 Å². The van der Waals surface area contributed by atoms with Gasteiger partial charge in [-0.3, -0.25) is 7.91 Å². The van der Waals surface area contributed by atoms with Crippen molar-refractivity contribution in [3.63, 3.8) is 0 Å². The minimum absolute atomic E-state index is 0.110. The lowest BCUT2D eigenvalue weighted by Gasteiger charge is -2.20. The second-order valence-electron chi connectivity index (χ2n) is 2.90. The molecule has 0 aromatic heterocycles. The van der Waals surface area contributed by atoms with Gasteiger partial charge in [-0.25, -0.2) is 0 Å². The average molecular weight is 255 g/mol. The van der Waals surface area contributed by atoms with E-state index in [0.717, 1.165) is 0 Å². The molecule has 0 N–H and O–H groups in total. The number of carbonyl (C=O) groups is 1. The molecule has 0 rings (SSSR count). The molecule has 2 nitrogen and oxygen atoms in total. The first-order valence-electron chi connectivity index (χ1n) is 3.45. The summed E-state index contributed by atoms with van der Waals surface area (Å²) in [5.41, 5.74) is 0. The highest BCUT2D eigenvalue weighted by molar-refractivity contribution is 14.1. The van der Waals surface area contributed by atoms with Crippen LogP contribution in [0.15, 0.2) is 0 Å². The first kappa shape index (κ1) is 10.2. The summed E-state index contributed by atoms with van der Waals surface area (Å²) >= 11 is 2.06. The molecule has 0 fully saturated rings. The molecule has 0 saturated carbocycles. The monoisotopic (exact) mass is 255 g/mol. The average Bonchev–Trinajstić information content (AvgIpc) is 1.84. The molecule has 0 heterocycles. The number of nitrogens with zero attached hydrogens (tertiary/aromatic N) is 1. The van der Waals surface area contributed by atoms with Crippen molar-refractivity contribution in [2.24, 2.45) is 5.92 Å². The Morgan fingerprint density at radius 2 is 1.70 bits per heavy atom. The number of carbonyl (C=O) groups excluding carboxylic acids is 1. The molecular formula is C7H14INO. The predicted octanol–water partition coefficient (Wildman–Crippen LogP) is 2.23. The highest BCUT2D eigenvalue weighted by Crippen LogP contribution is 2.11. The first-order chi connectivity index (χ1) is 4.46. The second-order valence-corrected chi connectivity index (χ2v) is 3.94. The Labute approximate surface area is 76.5 Å². The quantitative estimate of drug-likeness (QED) is 0.547. The van der Waals surface area contributed by atoms with Gasteiger partial charge in [0.1, 0.15) is 0 Å². The molecule has 0 atom stereocenters. The summed E-state index contributed by atoms with van der Waals surface area (Å²) in [7, 11) is 0. The molecule has 3 heteroatoms. The molecule has 10 heavy (non-hydrogen) atoms. The lowest BCUT2D eigenvalue weighted by Crippen LogP contribution is -2.30. The zero-order valence-electron chi connectivity index (χ0n) is 6.89. The summed E-state index contributed by atoms with van der Waals surface area (Å²) in [6, 6.07) is 0.301. The van der Waals surface area contributed by atoms with E-state index in [1.807, 2.05) is 27.7 Å². The topological polar surface area (TPSA) is 20.3 Å². The van der Waals surface area contributed by atoms with E-state index in [-0.39, 0.29) is 11.8 Å². The first-order valence-corrected chi connectivity index (χ1v) is 4.42. The van der Waals surface area contributed by atoms with Crippen LogP contribution >= 0.6 is 22.9 Å². The van der Waals surface area contributed by atoms with E-state index in [9.17, 15) is 4.79 Å². The van der Waals surface area contributed by atoms with Crippen molar-refractivity contribution in [2.45, 2.75) is 33.7 Å². The van der Waals surface area contributed by atoms with Crippen LogP contribution in [0.2, 0.25) is 0 Å². The SMILES string of the molecule is CC(C)C(=O)N(I)C(C)C. The Hall–Kier alpha value is 0.200. The fourth-order valence-electron chi connectivity index (χ4n) is 0.501. The number of halogens is 1. The van der Waals surface area contributed by atoms with Gasteiger partial charge < -0.3 is 0 Å². The van der Waals surface area contributed by atoms with Gasteiger partial charge in [0, 0.05) is 12.0 Å². The Morgan fingerprint density at radius 1 is 1.30 bits per heavy atom. The standard InChI is InChI=1S/C7H14INO/c1-5(2)7(10)9(8)6(3)4/h5-6H,1-4H3. The molecule has 0 aromatic carbocycles. The van der Waals surface area contributed by atoms with Crippen LogP contribution in [0.25, 0.3) is 0 Å². The summed E-state index contributed by atoms with van der Waals surface area (Å²) < 4.78 is 1.74. The molecule has 0 aliphatic heterocycles. The zero-order chi connectivity index (χ0) is 8.31. The van der Waals surface area contributed by atoms with Crippen molar-refractivity contribution < 1.29 is 4.79 Å². The predicted molar refractivity (Wildman–Crippen MR) is 50.8 cm³/mol. The molecule has 60 valence electrons. The van der Waals surface area contributed by atoms with Crippen LogP contribution in [0.5, 0.6) is 0 Å². The Kier molecular flexibility index (Phi) is 4.24. The number of amides is 1. The second kappa shape index (κ2) is 4.16. The van der Waals surface area contributed by atoms with Gasteiger partial charge in [-0.2, -0.15) is 0 Å². The number of hydrogen-bond acceptors (Lipinski definition) is 1. The molecule has 0 bridgehead atoms. The van der Waals surface area contributed by atoms with Gasteiger partial charge >= 0.3 is 0 Å². The fraction of sp³-hybridized carbons (Fsp3) is 0.857. The van der Waals surface area contributed by atoms with E-state index < -0.39 is 0 Å². The van der Waals surface area contributed by atoms with Crippen LogP contribution in [0.4, 0.5) is 0 Å². The Balaban J connectivity index is 3.95. The van der Waals surface area contributed by atoms with Crippen molar-refractivity contribution in [1.29, 1.82) is 0 Å². The summed E-state index contributed by atoms with van der Waals surface area (Å²) in [4.78, 5) is 11.2. The van der Waals surface area contributed by atoms with E-state index in [4.69, 9.17) is 0 Å². The van der Waals surface area contributed by atoms with Crippen LogP contribution in [0, 0.1) is 5.92 Å². The summed E-state index contributed by atoms with van der Waals surface area (Å²) in [6.45, 7) is 7.84. The van der Waals surface area contributed by atoms with Crippen molar-refractivity contribution in [1.82, 2.24) is 3.11 Å². The zero-order valence-corrected chi connectivity index (χ0v) is 9.05. The molecule has 0 saturated heterocycles. The van der Waals surface area contributed by atoms with E-state index in [0.29, 0.717) is 6.04 Å². The molecule has 0 aromatic rings. The van der Waals surface area contributed by atoms with Crippen molar-refractivity contribution >= 4 is 28.8 Å². The van der Waals surface area contributed by atoms with Gasteiger partial charge in [0.15, 0.2) is 0 Å². The molecular weight excluding hydrogens is 241 g/mol. The third-order valence-corrected chi connectivity index (χ3v) is 2.75. The summed E-state index contributed by atoms with van der Waals surface area (Å²) in [5, 5.41) is 0. The highest BCUT2D eigenvalue weighted by Gasteiger charge is 2.16. The largest absolute Gasteiger partial charge is 0.282 e. The van der Waals surface area contributed by atoms with Gasteiger partial charge in [-0.1, -0.05) is 13.8 Å². The van der Waals surface area contributed by atoms with Crippen LogP contribution in [-0.4, -0.2) is 15.1 Å². The van der Waals surface area contributed by atoms with Gasteiger partial charge in [0.2, 0.25) is 5.91 Å². The Bertz CT molecular complexity index is 123. The lowest BCUT2D eigenvalue weighted by molar-refractivity contribution is -0.129. The van der Waals surface area contributed by atoms with Gasteiger partial charge in [0.05, 0.1) is 22.9 Å². The minimum atomic E-state index is 0.110. The van der Waals surface area contributed by atoms with Crippen LogP contribution in [0.1, 0.15) is 27.7 Å². The molecule has 1 amide bonds. The van der Waals surface area contributed by atoms with E-state index >= 15 is 0 Å². The molecule has 0 aliphatic rings. The maximum Gasteiger partial charge on any atom is 0.233 e. The number of hydrogen-bond donors (Lipinski definition) is 0. The van der Waals surface area contributed by atoms with E-state index in [2.05, 4.69) is 22.9 Å². The summed E-state index contributed by atoms with van der Waals surface area (Å²) in [5.74, 6) is 0.315. The van der Waals surface area contributed by atoms with E-state index in [1.165, 1.54) is 0 Å². The summed E-state index contributed by atoms with van der Waals surface area (Å²) in [6.07, 6.45) is 0. The van der Waals surface area contributed by atoms with Crippen LogP contribution < -0.4 is 0 Å². The van der Waals surface area contributed by atoms with Crippen molar-refractivity contribution in [3.8, 4) is 0 Å². The molecule has 0 radical (unpaired) electrons.